The smallest absolute Gasteiger partial charge is 0.274 e. The van der Waals surface area contributed by atoms with E-state index in [2.05, 4.69) is 15.5 Å². The van der Waals surface area contributed by atoms with Gasteiger partial charge in [0.15, 0.2) is 11.5 Å². The van der Waals surface area contributed by atoms with Crippen molar-refractivity contribution >= 4 is 40.6 Å². The molecule has 0 radical (unpaired) electrons. The van der Waals surface area contributed by atoms with Gasteiger partial charge in [0.25, 0.3) is 5.91 Å². The van der Waals surface area contributed by atoms with Crippen LogP contribution in [0.5, 0.6) is 0 Å². The van der Waals surface area contributed by atoms with Crippen molar-refractivity contribution in [2.24, 2.45) is 0 Å². The fourth-order valence-electron chi connectivity index (χ4n) is 2.32. The molecule has 0 unspecified atom stereocenters. The highest BCUT2D eigenvalue weighted by atomic mass is 35.5. The largest absolute Gasteiger partial charge is 0.338 e. The first-order valence-electron chi connectivity index (χ1n) is 6.98. The van der Waals surface area contributed by atoms with Crippen LogP contribution in [-0.4, -0.2) is 34.1 Å². The Kier molecular flexibility index (Phi) is 4.45. The van der Waals surface area contributed by atoms with E-state index in [-0.39, 0.29) is 5.91 Å². The molecular weight excluding hydrogens is 323 g/mol. The lowest BCUT2D eigenvalue weighted by Gasteiger charge is -2.14. The molecule has 0 spiro atoms. The maximum Gasteiger partial charge on any atom is 0.274 e. The molecule has 5 nitrogen and oxygen atoms in total. The molecule has 114 valence electrons. The van der Waals surface area contributed by atoms with Crippen LogP contribution in [-0.2, 0) is 0 Å². The fraction of sp³-hybridized carbons (Fsp3) is 0.267. The monoisotopic (exact) mass is 336 g/mol. The number of carbonyl (C=O) groups excluding carboxylic acids is 1. The summed E-state index contributed by atoms with van der Waals surface area (Å²) in [6.07, 6.45) is 2.10. The van der Waals surface area contributed by atoms with E-state index < -0.39 is 0 Å². The second-order valence-electron chi connectivity index (χ2n) is 5.05. The molecule has 2 aromatic rings. The molecular formula is C15H14Cl2N4O. The molecule has 0 saturated carbocycles. The summed E-state index contributed by atoms with van der Waals surface area (Å²) in [7, 11) is 0. The lowest BCUT2D eigenvalue weighted by molar-refractivity contribution is 0.0786. The molecule has 0 atom stereocenters. The summed E-state index contributed by atoms with van der Waals surface area (Å²) in [6, 6.07) is 8.51. The van der Waals surface area contributed by atoms with Gasteiger partial charge in [-0.15, -0.1) is 10.2 Å². The molecule has 1 fully saturated rings. The SMILES string of the molecule is O=C(c1ccc(Nc2ccc(Cl)cc2Cl)nn1)N1CCCC1. The highest BCUT2D eigenvalue weighted by molar-refractivity contribution is 6.36. The van der Waals surface area contributed by atoms with Gasteiger partial charge in [-0.1, -0.05) is 23.2 Å². The third-order valence-corrected chi connectivity index (χ3v) is 4.02. The number of likely N-dealkylation sites (tertiary alicyclic amines) is 1. The molecule has 0 aliphatic carbocycles. The first-order valence-corrected chi connectivity index (χ1v) is 7.74. The minimum absolute atomic E-state index is 0.0684. The number of benzene rings is 1. The van der Waals surface area contributed by atoms with Crippen LogP contribution in [0.25, 0.3) is 0 Å². The Morgan fingerprint density at radius 3 is 2.50 bits per heavy atom. The quantitative estimate of drug-likeness (QED) is 0.926. The number of amides is 1. The third kappa shape index (κ3) is 3.31. The van der Waals surface area contributed by atoms with Crippen LogP contribution in [0, 0.1) is 0 Å². The summed E-state index contributed by atoms with van der Waals surface area (Å²) in [5, 5.41) is 12.1. The van der Waals surface area contributed by atoms with Crippen molar-refractivity contribution in [1.82, 2.24) is 15.1 Å². The van der Waals surface area contributed by atoms with Gasteiger partial charge in [0.1, 0.15) is 0 Å². The van der Waals surface area contributed by atoms with Crippen molar-refractivity contribution in [1.29, 1.82) is 0 Å². The standard InChI is InChI=1S/C15H14Cl2N4O/c16-10-3-4-12(11(17)9-10)18-14-6-5-13(19-20-14)15(22)21-7-1-2-8-21/h3-6,9H,1-2,7-8H2,(H,18,20). The van der Waals surface area contributed by atoms with Crippen LogP contribution < -0.4 is 5.32 Å². The molecule has 1 aliphatic heterocycles. The summed E-state index contributed by atoms with van der Waals surface area (Å²) in [6.45, 7) is 1.59. The predicted molar refractivity (Wildman–Crippen MR) is 86.9 cm³/mol. The number of hydrogen-bond donors (Lipinski definition) is 1. The number of hydrogen-bond acceptors (Lipinski definition) is 4. The molecule has 22 heavy (non-hydrogen) atoms. The van der Waals surface area contributed by atoms with Crippen LogP contribution >= 0.6 is 23.2 Å². The Morgan fingerprint density at radius 2 is 1.86 bits per heavy atom. The maximum atomic E-state index is 12.2. The number of aromatic nitrogens is 2. The van der Waals surface area contributed by atoms with Gasteiger partial charge in [-0.05, 0) is 43.2 Å². The van der Waals surface area contributed by atoms with E-state index in [9.17, 15) is 4.79 Å². The molecule has 1 aromatic carbocycles. The summed E-state index contributed by atoms with van der Waals surface area (Å²) in [5.41, 5.74) is 1.04. The zero-order chi connectivity index (χ0) is 15.5. The highest BCUT2D eigenvalue weighted by Crippen LogP contribution is 2.27. The van der Waals surface area contributed by atoms with Crippen molar-refractivity contribution < 1.29 is 4.79 Å². The predicted octanol–water partition coefficient (Wildman–Crippen LogP) is 3.76. The van der Waals surface area contributed by atoms with Gasteiger partial charge in [0.2, 0.25) is 0 Å². The topological polar surface area (TPSA) is 58.1 Å². The molecule has 1 N–H and O–H groups in total. The zero-order valence-electron chi connectivity index (χ0n) is 11.7. The second-order valence-corrected chi connectivity index (χ2v) is 5.90. The van der Waals surface area contributed by atoms with Gasteiger partial charge < -0.3 is 10.2 Å². The summed E-state index contributed by atoms with van der Waals surface area (Å²) in [5.74, 6) is 0.447. The third-order valence-electron chi connectivity index (χ3n) is 3.47. The Balaban J connectivity index is 1.72. The molecule has 1 aromatic heterocycles. The molecule has 1 amide bonds. The van der Waals surface area contributed by atoms with Gasteiger partial charge >= 0.3 is 0 Å². The molecule has 7 heteroatoms. The van der Waals surface area contributed by atoms with E-state index in [1.807, 2.05) is 0 Å². The highest BCUT2D eigenvalue weighted by Gasteiger charge is 2.20. The average molecular weight is 337 g/mol. The summed E-state index contributed by atoms with van der Waals surface area (Å²) >= 11 is 11.9. The van der Waals surface area contributed by atoms with Crippen molar-refractivity contribution in [3.8, 4) is 0 Å². The number of halogens is 2. The number of anilines is 2. The van der Waals surface area contributed by atoms with E-state index >= 15 is 0 Å². The lowest BCUT2D eigenvalue weighted by atomic mass is 10.3. The van der Waals surface area contributed by atoms with Crippen LogP contribution in [0.3, 0.4) is 0 Å². The fourth-order valence-corrected chi connectivity index (χ4v) is 2.78. The van der Waals surface area contributed by atoms with Crippen LogP contribution in [0.1, 0.15) is 23.3 Å². The maximum absolute atomic E-state index is 12.2. The van der Waals surface area contributed by atoms with Crippen molar-refractivity contribution in [3.05, 3.63) is 46.1 Å². The van der Waals surface area contributed by atoms with Gasteiger partial charge in [-0.25, -0.2) is 0 Å². The minimum Gasteiger partial charge on any atom is -0.338 e. The van der Waals surface area contributed by atoms with E-state index in [1.165, 1.54) is 0 Å². The zero-order valence-corrected chi connectivity index (χ0v) is 13.2. The van der Waals surface area contributed by atoms with Gasteiger partial charge in [0, 0.05) is 18.1 Å². The second kappa shape index (κ2) is 6.50. The van der Waals surface area contributed by atoms with Crippen LogP contribution in [0.15, 0.2) is 30.3 Å². The first kappa shape index (κ1) is 15.1. The van der Waals surface area contributed by atoms with E-state index in [1.54, 1.807) is 35.2 Å². The molecule has 2 heterocycles. The molecule has 0 bridgehead atoms. The number of nitrogens with zero attached hydrogens (tertiary/aromatic N) is 3. The minimum atomic E-state index is -0.0684. The normalized spacial score (nSPS) is 14.2. The van der Waals surface area contributed by atoms with Crippen LogP contribution in [0.2, 0.25) is 10.0 Å². The Hall–Kier alpha value is -1.85. The van der Waals surface area contributed by atoms with Crippen molar-refractivity contribution in [3.63, 3.8) is 0 Å². The van der Waals surface area contributed by atoms with E-state index in [4.69, 9.17) is 23.2 Å². The molecule has 3 rings (SSSR count). The summed E-state index contributed by atoms with van der Waals surface area (Å²) < 4.78 is 0. The van der Waals surface area contributed by atoms with E-state index in [0.29, 0.717) is 27.2 Å². The number of carbonyl (C=O) groups is 1. The van der Waals surface area contributed by atoms with Gasteiger partial charge in [-0.2, -0.15) is 0 Å². The van der Waals surface area contributed by atoms with E-state index in [0.717, 1.165) is 25.9 Å². The molecule has 1 saturated heterocycles. The lowest BCUT2D eigenvalue weighted by Crippen LogP contribution is -2.28. The number of rotatable bonds is 3. The summed E-state index contributed by atoms with van der Waals surface area (Å²) in [4.78, 5) is 14.0. The Labute approximate surface area is 138 Å². The van der Waals surface area contributed by atoms with Crippen LogP contribution in [0.4, 0.5) is 11.5 Å². The average Bonchev–Trinajstić information content (AvgIpc) is 3.04. The molecule has 1 aliphatic rings. The van der Waals surface area contributed by atoms with Crippen molar-refractivity contribution in [2.45, 2.75) is 12.8 Å². The van der Waals surface area contributed by atoms with Crippen molar-refractivity contribution in [2.75, 3.05) is 18.4 Å². The van der Waals surface area contributed by atoms with Gasteiger partial charge in [0.05, 0.1) is 10.7 Å². The first-order chi connectivity index (χ1) is 10.6. The number of nitrogens with one attached hydrogen (secondary N) is 1. The van der Waals surface area contributed by atoms with Gasteiger partial charge in [-0.3, -0.25) is 4.79 Å². The Morgan fingerprint density at radius 1 is 1.09 bits per heavy atom. The Bertz CT molecular complexity index is 684.